The lowest BCUT2D eigenvalue weighted by Gasteiger charge is -2.24. The molecular formula is C12H21N3O. The molecule has 0 aliphatic carbocycles. The molecule has 0 aliphatic heterocycles. The molecule has 1 rings (SSSR count). The smallest absolute Gasteiger partial charge is 0.148 e. The first-order valence-electron chi connectivity index (χ1n) is 5.67. The van der Waals surface area contributed by atoms with Crippen LogP contribution in [-0.4, -0.2) is 28.5 Å². The van der Waals surface area contributed by atoms with Gasteiger partial charge in [-0.3, -0.25) is 0 Å². The summed E-state index contributed by atoms with van der Waals surface area (Å²) < 4.78 is 0. The summed E-state index contributed by atoms with van der Waals surface area (Å²) in [6.07, 6.45) is 3.58. The van der Waals surface area contributed by atoms with Crippen molar-refractivity contribution in [3.05, 3.63) is 17.8 Å². The first-order valence-corrected chi connectivity index (χ1v) is 5.67. The third-order valence-electron chi connectivity index (χ3n) is 2.55. The van der Waals surface area contributed by atoms with Crippen LogP contribution in [0.2, 0.25) is 0 Å². The second-order valence-corrected chi connectivity index (χ2v) is 4.96. The van der Waals surface area contributed by atoms with Crippen LogP contribution in [0.5, 0.6) is 0 Å². The molecule has 0 aliphatic rings. The molecule has 1 aromatic rings. The van der Waals surface area contributed by atoms with Crippen molar-refractivity contribution in [2.75, 3.05) is 18.5 Å². The number of nitrogens with one attached hydrogen (secondary N) is 1. The second-order valence-electron chi connectivity index (χ2n) is 4.96. The minimum Gasteiger partial charge on any atom is -0.396 e. The van der Waals surface area contributed by atoms with Crippen LogP contribution in [0.15, 0.2) is 12.3 Å². The molecule has 0 radical (unpaired) electrons. The summed E-state index contributed by atoms with van der Waals surface area (Å²) in [5.74, 6) is 0.817. The fraction of sp³-hybridized carbons (Fsp3) is 0.667. The van der Waals surface area contributed by atoms with Crippen LogP contribution >= 0.6 is 0 Å². The fourth-order valence-corrected chi connectivity index (χ4v) is 1.53. The van der Waals surface area contributed by atoms with Gasteiger partial charge in [0.2, 0.25) is 0 Å². The van der Waals surface area contributed by atoms with E-state index >= 15 is 0 Å². The highest BCUT2D eigenvalue weighted by atomic mass is 16.2. The Hall–Kier alpha value is -1.16. The van der Waals surface area contributed by atoms with E-state index < -0.39 is 0 Å². The zero-order valence-electron chi connectivity index (χ0n) is 10.3. The number of aromatic nitrogens is 2. The van der Waals surface area contributed by atoms with Crippen LogP contribution in [-0.2, 0) is 0 Å². The first-order chi connectivity index (χ1) is 7.53. The van der Waals surface area contributed by atoms with E-state index in [9.17, 15) is 0 Å². The molecular weight excluding hydrogens is 202 g/mol. The van der Waals surface area contributed by atoms with Crippen molar-refractivity contribution >= 4 is 5.82 Å². The number of aliphatic hydroxyl groups is 1. The van der Waals surface area contributed by atoms with E-state index in [-0.39, 0.29) is 12.0 Å². The van der Waals surface area contributed by atoms with Gasteiger partial charge in [-0.2, -0.15) is 5.10 Å². The Bertz CT molecular complexity index is 326. The van der Waals surface area contributed by atoms with Gasteiger partial charge in [-0.1, -0.05) is 13.8 Å². The molecule has 0 saturated carbocycles. The number of aryl methyl sites for hydroxylation is 1. The van der Waals surface area contributed by atoms with Gasteiger partial charge < -0.3 is 10.4 Å². The predicted octanol–water partition coefficient (Wildman–Crippen LogP) is 2.00. The van der Waals surface area contributed by atoms with E-state index in [1.165, 1.54) is 0 Å². The van der Waals surface area contributed by atoms with Crippen molar-refractivity contribution in [1.29, 1.82) is 0 Å². The van der Waals surface area contributed by atoms with Gasteiger partial charge in [-0.25, -0.2) is 0 Å². The van der Waals surface area contributed by atoms with Crippen LogP contribution in [0.25, 0.3) is 0 Å². The lowest BCUT2D eigenvalue weighted by atomic mass is 9.88. The number of anilines is 1. The van der Waals surface area contributed by atoms with Crippen LogP contribution < -0.4 is 5.32 Å². The average Bonchev–Trinajstić information content (AvgIpc) is 2.24. The number of aliphatic hydroxyl groups excluding tert-OH is 1. The lowest BCUT2D eigenvalue weighted by molar-refractivity contribution is 0.248. The maximum Gasteiger partial charge on any atom is 0.148 e. The van der Waals surface area contributed by atoms with E-state index in [4.69, 9.17) is 5.11 Å². The highest BCUT2D eigenvalue weighted by Crippen LogP contribution is 2.22. The monoisotopic (exact) mass is 223 g/mol. The second kappa shape index (κ2) is 5.80. The van der Waals surface area contributed by atoms with Crippen molar-refractivity contribution in [2.45, 2.75) is 33.6 Å². The molecule has 0 fully saturated rings. The minimum atomic E-state index is 0.161. The molecule has 0 bridgehead atoms. The van der Waals surface area contributed by atoms with E-state index in [0.717, 1.165) is 30.8 Å². The van der Waals surface area contributed by atoms with Crippen LogP contribution in [0, 0.1) is 12.3 Å². The topological polar surface area (TPSA) is 58.0 Å². The maximum atomic E-state index is 8.81. The predicted molar refractivity (Wildman–Crippen MR) is 65.4 cm³/mol. The van der Waals surface area contributed by atoms with Gasteiger partial charge in [-0.05, 0) is 36.8 Å². The molecule has 90 valence electrons. The molecule has 1 heterocycles. The molecule has 1 aromatic heterocycles. The molecule has 4 heteroatoms. The molecule has 0 spiro atoms. The Kier molecular flexibility index (Phi) is 4.68. The standard InChI is InChI=1S/C12H21N3O/c1-10-7-11(15-14-8-10)13-9-12(2,3)5-4-6-16/h7-8,16H,4-6,9H2,1-3H3,(H,13,15). The summed E-state index contributed by atoms with van der Waals surface area (Å²) in [5, 5.41) is 20.0. The number of hydrogen-bond acceptors (Lipinski definition) is 4. The summed E-state index contributed by atoms with van der Waals surface area (Å²) in [4.78, 5) is 0. The number of rotatable bonds is 6. The van der Waals surface area contributed by atoms with Gasteiger partial charge in [0.25, 0.3) is 0 Å². The summed E-state index contributed by atoms with van der Waals surface area (Å²) >= 11 is 0. The Balaban J connectivity index is 2.44. The van der Waals surface area contributed by atoms with Crippen LogP contribution in [0.1, 0.15) is 32.3 Å². The summed E-state index contributed by atoms with van der Waals surface area (Å²) in [6.45, 7) is 7.45. The van der Waals surface area contributed by atoms with Crippen molar-refractivity contribution in [3.63, 3.8) is 0 Å². The van der Waals surface area contributed by atoms with Gasteiger partial charge in [0.15, 0.2) is 0 Å². The molecule has 0 saturated heterocycles. The molecule has 0 aromatic carbocycles. The molecule has 16 heavy (non-hydrogen) atoms. The zero-order chi connectivity index (χ0) is 12.0. The van der Waals surface area contributed by atoms with E-state index in [1.807, 2.05) is 13.0 Å². The number of nitrogens with zero attached hydrogens (tertiary/aromatic N) is 2. The first kappa shape index (κ1) is 12.9. The zero-order valence-corrected chi connectivity index (χ0v) is 10.3. The average molecular weight is 223 g/mol. The summed E-state index contributed by atoms with van der Waals surface area (Å²) in [7, 11) is 0. The SMILES string of the molecule is Cc1cnnc(NCC(C)(C)CCCO)c1. The Morgan fingerprint density at radius 3 is 2.81 bits per heavy atom. The third-order valence-corrected chi connectivity index (χ3v) is 2.55. The molecule has 0 amide bonds. The van der Waals surface area contributed by atoms with Crippen molar-refractivity contribution < 1.29 is 5.11 Å². The molecule has 0 unspecified atom stereocenters. The highest BCUT2D eigenvalue weighted by molar-refractivity contribution is 5.35. The summed E-state index contributed by atoms with van der Waals surface area (Å²) in [6, 6.07) is 1.98. The van der Waals surface area contributed by atoms with Crippen LogP contribution in [0.3, 0.4) is 0 Å². The Morgan fingerprint density at radius 2 is 2.19 bits per heavy atom. The van der Waals surface area contributed by atoms with Gasteiger partial charge >= 0.3 is 0 Å². The van der Waals surface area contributed by atoms with Crippen molar-refractivity contribution in [1.82, 2.24) is 10.2 Å². The maximum absolute atomic E-state index is 8.81. The van der Waals surface area contributed by atoms with Crippen LogP contribution in [0.4, 0.5) is 5.82 Å². The summed E-state index contributed by atoms with van der Waals surface area (Å²) in [5.41, 5.74) is 1.26. The quantitative estimate of drug-likeness (QED) is 0.774. The van der Waals surface area contributed by atoms with E-state index in [1.54, 1.807) is 6.20 Å². The minimum absolute atomic E-state index is 0.161. The van der Waals surface area contributed by atoms with Gasteiger partial charge in [0.05, 0.1) is 6.20 Å². The van der Waals surface area contributed by atoms with Gasteiger partial charge in [0.1, 0.15) is 5.82 Å². The highest BCUT2D eigenvalue weighted by Gasteiger charge is 2.17. The van der Waals surface area contributed by atoms with Crippen molar-refractivity contribution in [3.8, 4) is 0 Å². The van der Waals surface area contributed by atoms with Gasteiger partial charge in [-0.15, -0.1) is 5.10 Å². The normalized spacial score (nSPS) is 11.5. The van der Waals surface area contributed by atoms with Crippen molar-refractivity contribution in [2.24, 2.45) is 5.41 Å². The molecule has 2 N–H and O–H groups in total. The third kappa shape index (κ3) is 4.57. The largest absolute Gasteiger partial charge is 0.396 e. The van der Waals surface area contributed by atoms with E-state index in [0.29, 0.717) is 0 Å². The Morgan fingerprint density at radius 1 is 1.44 bits per heavy atom. The lowest BCUT2D eigenvalue weighted by Crippen LogP contribution is -2.24. The Labute approximate surface area is 97.1 Å². The number of hydrogen-bond donors (Lipinski definition) is 2. The van der Waals surface area contributed by atoms with Gasteiger partial charge in [0, 0.05) is 13.2 Å². The van der Waals surface area contributed by atoms with E-state index in [2.05, 4.69) is 29.4 Å². The fourth-order valence-electron chi connectivity index (χ4n) is 1.53. The molecule has 4 nitrogen and oxygen atoms in total. The molecule has 0 atom stereocenters.